The summed E-state index contributed by atoms with van der Waals surface area (Å²) in [7, 11) is 1.16. The second-order valence-corrected chi connectivity index (χ2v) is 25.4. The number of carbonyl (C=O) groups excluding carboxylic acids is 2. The Hall–Kier alpha value is -3.07. The van der Waals surface area contributed by atoms with Crippen LogP contribution in [0.25, 0.3) is 0 Å². The lowest BCUT2D eigenvalue weighted by atomic mass is 10.0. The quantitative estimate of drug-likeness (QED) is 0.0212. The molecule has 0 fully saturated rings. The third-order valence-electron chi connectivity index (χ3n) is 14.7. The Morgan fingerprint density at radius 3 is 1.20 bits per heavy atom. The maximum absolute atomic E-state index is 13.6. The van der Waals surface area contributed by atoms with Crippen LogP contribution in [0.2, 0.25) is 0 Å². The van der Waals surface area contributed by atoms with Gasteiger partial charge in [0.25, 0.3) is 7.82 Å². The van der Waals surface area contributed by atoms with E-state index in [1.54, 1.807) is 0 Å². The van der Waals surface area contributed by atoms with Crippen LogP contribution < -0.4 is 10.2 Å². The van der Waals surface area contributed by atoms with E-state index < -0.39 is 26.6 Å². The van der Waals surface area contributed by atoms with Gasteiger partial charge in [-0.05, 0) is 109 Å². The Labute approximate surface area is 507 Å². The SMILES string of the molecule is CC/C=C\C/C=C\C/C=C\C/C=C\C/C=C\C/C=C\CCCCC(=O)OC(/C=C/CCCCCCCCCCCC)C(COP(=O)([O-])OCC[N+](C)(C)C)NC(=O)CCCCCCCCCCCCCCC/C=C/CCCCCCCC. The molecule has 9 nitrogen and oxygen atoms in total. The lowest BCUT2D eigenvalue weighted by Gasteiger charge is -2.30. The van der Waals surface area contributed by atoms with Gasteiger partial charge in [-0.1, -0.05) is 272 Å². The number of allylic oxidation sites excluding steroid dienone is 15. The molecule has 0 aliphatic heterocycles. The summed E-state index contributed by atoms with van der Waals surface area (Å²) in [6, 6.07) is -0.912. The van der Waals surface area contributed by atoms with Gasteiger partial charge in [-0.3, -0.25) is 14.2 Å². The summed E-state index contributed by atoms with van der Waals surface area (Å²) >= 11 is 0. The maximum atomic E-state index is 13.6. The minimum Gasteiger partial charge on any atom is -0.756 e. The normalized spacial score (nSPS) is 14.2. The zero-order valence-electron chi connectivity index (χ0n) is 54.2. The molecule has 0 heterocycles. The summed E-state index contributed by atoms with van der Waals surface area (Å²) in [4.78, 5) is 40.1. The first-order valence-electron chi connectivity index (χ1n) is 34.0. The highest BCUT2D eigenvalue weighted by molar-refractivity contribution is 7.45. The molecule has 3 unspecified atom stereocenters. The van der Waals surface area contributed by atoms with Crippen molar-refractivity contribution < 1.29 is 37.3 Å². The van der Waals surface area contributed by atoms with Gasteiger partial charge in [0.1, 0.15) is 19.3 Å². The average molecular weight is 1170 g/mol. The smallest absolute Gasteiger partial charge is 0.306 e. The number of unbranched alkanes of at least 4 members (excludes halogenated alkanes) is 31. The number of esters is 1. The van der Waals surface area contributed by atoms with Crippen molar-refractivity contribution in [1.82, 2.24) is 5.32 Å². The number of nitrogens with zero attached hydrogens (tertiary/aromatic N) is 1. The number of nitrogens with one attached hydrogen (secondary N) is 1. The molecule has 10 heteroatoms. The van der Waals surface area contributed by atoms with Gasteiger partial charge in [-0.25, -0.2) is 0 Å². The van der Waals surface area contributed by atoms with Gasteiger partial charge in [-0.15, -0.1) is 0 Å². The summed E-state index contributed by atoms with van der Waals surface area (Å²) in [5.74, 6) is -0.589. The third kappa shape index (κ3) is 61.5. The van der Waals surface area contributed by atoms with Crippen molar-refractivity contribution in [3.8, 4) is 0 Å². The fraction of sp³-hybridized carbons (Fsp3) is 0.750. The van der Waals surface area contributed by atoms with Gasteiger partial charge in [0.15, 0.2) is 0 Å². The predicted molar refractivity (Wildman–Crippen MR) is 353 cm³/mol. The number of ether oxygens (including phenoxy) is 1. The van der Waals surface area contributed by atoms with E-state index in [9.17, 15) is 19.0 Å². The lowest BCUT2D eigenvalue weighted by Crippen LogP contribution is -2.47. The molecule has 0 saturated carbocycles. The lowest BCUT2D eigenvalue weighted by molar-refractivity contribution is -0.870. The zero-order chi connectivity index (χ0) is 60.0. The van der Waals surface area contributed by atoms with E-state index in [1.165, 1.54) is 167 Å². The fourth-order valence-electron chi connectivity index (χ4n) is 9.52. The summed E-state index contributed by atoms with van der Waals surface area (Å²) < 4.78 is 30.4. The number of likely N-dealkylation sites (N-methyl/N-ethyl adjacent to an activating group) is 1. The van der Waals surface area contributed by atoms with Crippen molar-refractivity contribution >= 4 is 19.7 Å². The van der Waals surface area contributed by atoms with E-state index in [2.05, 4.69) is 111 Å². The molecule has 82 heavy (non-hydrogen) atoms. The third-order valence-corrected chi connectivity index (χ3v) is 15.7. The molecule has 1 N–H and O–H groups in total. The molecule has 1 amide bonds. The van der Waals surface area contributed by atoms with E-state index in [-0.39, 0.29) is 24.9 Å². The van der Waals surface area contributed by atoms with E-state index in [0.29, 0.717) is 23.9 Å². The molecule has 0 aliphatic rings. The number of phosphoric ester groups is 1. The first-order valence-corrected chi connectivity index (χ1v) is 35.5. The molecular weight excluding hydrogens is 1040 g/mol. The van der Waals surface area contributed by atoms with Crippen molar-refractivity contribution in [3.63, 3.8) is 0 Å². The minimum atomic E-state index is -4.72. The molecule has 3 atom stereocenters. The van der Waals surface area contributed by atoms with Crippen LogP contribution in [0.1, 0.15) is 297 Å². The largest absolute Gasteiger partial charge is 0.756 e. The molecule has 0 rings (SSSR count). The highest BCUT2D eigenvalue weighted by Crippen LogP contribution is 2.38. The molecule has 0 aromatic carbocycles. The maximum Gasteiger partial charge on any atom is 0.306 e. The fourth-order valence-corrected chi connectivity index (χ4v) is 10.2. The molecule has 0 aliphatic carbocycles. The van der Waals surface area contributed by atoms with Gasteiger partial charge in [0.05, 0.1) is 33.8 Å². The van der Waals surface area contributed by atoms with Crippen LogP contribution in [-0.2, 0) is 27.9 Å². The van der Waals surface area contributed by atoms with Crippen LogP contribution in [0.3, 0.4) is 0 Å². The standard InChI is InChI=1S/C72H129N2O7P/c1-7-10-13-16-19-22-25-28-30-32-34-36-37-39-40-42-44-46-49-52-55-58-61-64-71(75)73-69(68-80-82(77,78)79-67-66-74(4,5)6)70(63-60-57-54-51-48-27-24-21-18-15-12-9-3)81-72(76)65-62-59-56-53-50-47-45-43-41-38-35-33-31-29-26-23-20-17-14-11-8-2/h11,14,20,23,28-31,35,38,43,45,50,53,60,63,69-70H,7-10,12-13,15-19,21-22,24-27,32-34,36-37,39-42,44,46-49,51-52,54-59,61-62,64-68H2,1-6H3,(H-,73,75,77,78)/b14-11-,23-20-,30-28+,31-29-,38-35-,45-43-,53-50-,63-60+. The first-order chi connectivity index (χ1) is 39.9. The number of hydrogen-bond acceptors (Lipinski definition) is 7. The van der Waals surface area contributed by atoms with Gasteiger partial charge in [-0.2, -0.15) is 0 Å². The Morgan fingerprint density at radius 1 is 0.439 bits per heavy atom. The Bertz CT molecular complexity index is 1720. The van der Waals surface area contributed by atoms with Gasteiger partial charge in [0, 0.05) is 12.8 Å². The van der Waals surface area contributed by atoms with Crippen LogP contribution >= 0.6 is 7.82 Å². The monoisotopic (exact) mass is 1160 g/mol. The number of rotatable bonds is 61. The molecule has 0 saturated heterocycles. The number of hydrogen-bond donors (Lipinski definition) is 1. The molecule has 474 valence electrons. The minimum absolute atomic E-state index is 0.0328. The highest BCUT2D eigenvalue weighted by Gasteiger charge is 2.27. The Morgan fingerprint density at radius 2 is 0.780 bits per heavy atom. The van der Waals surface area contributed by atoms with Gasteiger partial charge in [0.2, 0.25) is 5.91 Å². The van der Waals surface area contributed by atoms with E-state index in [4.69, 9.17) is 13.8 Å². The zero-order valence-corrected chi connectivity index (χ0v) is 55.1. The predicted octanol–water partition coefficient (Wildman–Crippen LogP) is 20.9. The molecule has 0 aromatic rings. The topological polar surface area (TPSA) is 114 Å². The molecule has 0 aromatic heterocycles. The summed E-state index contributed by atoms with van der Waals surface area (Å²) in [5, 5.41) is 3.03. The van der Waals surface area contributed by atoms with Gasteiger partial charge >= 0.3 is 5.97 Å². The number of carbonyl (C=O) groups is 2. The number of phosphoric acid groups is 1. The van der Waals surface area contributed by atoms with Crippen molar-refractivity contribution in [1.29, 1.82) is 0 Å². The summed E-state index contributed by atoms with van der Waals surface area (Å²) in [5.41, 5.74) is 0. The molecular formula is C72H129N2O7P. The van der Waals surface area contributed by atoms with Crippen LogP contribution in [0, 0.1) is 0 Å². The molecule has 0 spiro atoms. The van der Waals surface area contributed by atoms with E-state index >= 15 is 0 Å². The van der Waals surface area contributed by atoms with Crippen LogP contribution in [0.15, 0.2) is 97.2 Å². The first kappa shape index (κ1) is 78.9. The summed E-state index contributed by atoms with van der Waals surface area (Å²) in [6.45, 7) is 6.71. The average Bonchev–Trinajstić information content (AvgIpc) is 3.44. The van der Waals surface area contributed by atoms with Gasteiger partial charge < -0.3 is 28.5 Å². The number of amides is 1. The van der Waals surface area contributed by atoms with Crippen molar-refractivity contribution in [3.05, 3.63) is 97.2 Å². The van der Waals surface area contributed by atoms with Crippen LogP contribution in [0.4, 0.5) is 0 Å². The van der Waals surface area contributed by atoms with Crippen molar-refractivity contribution in [2.75, 3.05) is 40.9 Å². The van der Waals surface area contributed by atoms with Crippen LogP contribution in [-0.4, -0.2) is 69.4 Å². The number of quaternary nitrogens is 1. The van der Waals surface area contributed by atoms with E-state index in [0.717, 1.165) is 89.9 Å². The van der Waals surface area contributed by atoms with Crippen molar-refractivity contribution in [2.45, 2.75) is 309 Å². The Kier molecular flexibility index (Phi) is 58.7. The molecule has 0 bridgehead atoms. The van der Waals surface area contributed by atoms with Crippen molar-refractivity contribution in [2.24, 2.45) is 0 Å². The molecule has 0 radical (unpaired) electrons. The van der Waals surface area contributed by atoms with Crippen LogP contribution in [0.5, 0.6) is 0 Å². The summed E-state index contributed by atoms with van der Waals surface area (Å²) in [6.07, 6.45) is 82.4. The second kappa shape index (κ2) is 61.0. The second-order valence-electron chi connectivity index (χ2n) is 23.9. The Balaban J connectivity index is 5.20. The van der Waals surface area contributed by atoms with E-state index in [1.807, 2.05) is 33.3 Å². The highest BCUT2D eigenvalue weighted by atomic mass is 31.2.